The summed E-state index contributed by atoms with van der Waals surface area (Å²) in [6.45, 7) is 3.00. The van der Waals surface area contributed by atoms with Crippen molar-refractivity contribution < 1.29 is 22.7 Å². The zero-order valence-corrected chi connectivity index (χ0v) is 16.1. The lowest BCUT2D eigenvalue weighted by atomic mass is 10.2. The van der Waals surface area contributed by atoms with Gasteiger partial charge in [0.05, 0.1) is 23.7 Å². The van der Waals surface area contributed by atoms with Crippen LogP contribution in [0.4, 0.5) is 0 Å². The molecular formula is C18H28N2O5S. The van der Waals surface area contributed by atoms with Crippen LogP contribution in [0.3, 0.4) is 0 Å². The lowest BCUT2D eigenvalue weighted by Crippen LogP contribution is -2.37. The van der Waals surface area contributed by atoms with Crippen molar-refractivity contribution in [3.8, 4) is 0 Å². The van der Waals surface area contributed by atoms with Crippen molar-refractivity contribution in [3.63, 3.8) is 0 Å². The van der Waals surface area contributed by atoms with Gasteiger partial charge in [0.2, 0.25) is 10.0 Å². The SMILES string of the molecule is COCCOCCCNC(=O)c1ccccc1S(=O)(=O)N1CCCCC1. The number of nitrogens with zero attached hydrogens (tertiary/aromatic N) is 1. The van der Waals surface area contributed by atoms with Crippen LogP contribution in [-0.4, -0.2) is 65.2 Å². The molecule has 1 heterocycles. The van der Waals surface area contributed by atoms with Crippen LogP contribution in [0.1, 0.15) is 36.0 Å². The van der Waals surface area contributed by atoms with Crippen molar-refractivity contribution >= 4 is 15.9 Å². The fourth-order valence-electron chi connectivity index (χ4n) is 2.84. The summed E-state index contributed by atoms with van der Waals surface area (Å²) in [5.41, 5.74) is 0.193. The molecule has 8 heteroatoms. The largest absolute Gasteiger partial charge is 0.382 e. The molecule has 1 amide bonds. The molecule has 0 radical (unpaired) electrons. The van der Waals surface area contributed by atoms with E-state index in [1.165, 1.54) is 10.4 Å². The van der Waals surface area contributed by atoms with Gasteiger partial charge in [0.15, 0.2) is 0 Å². The van der Waals surface area contributed by atoms with Gasteiger partial charge in [-0.15, -0.1) is 0 Å². The molecule has 0 unspecified atom stereocenters. The normalized spacial score (nSPS) is 15.7. The Hall–Kier alpha value is -1.48. The van der Waals surface area contributed by atoms with Crippen molar-refractivity contribution in [2.24, 2.45) is 0 Å². The van der Waals surface area contributed by atoms with Gasteiger partial charge in [-0.1, -0.05) is 18.6 Å². The predicted octanol–water partition coefficient (Wildman–Crippen LogP) is 1.64. The molecule has 0 aliphatic carbocycles. The van der Waals surface area contributed by atoms with Gasteiger partial charge < -0.3 is 14.8 Å². The van der Waals surface area contributed by atoms with Gasteiger partial charge in [0.25, 0.3) is 5.91 Å². The number of methoxy groups -OCH3 is 1. The summed E-state index contributed by atoms with van der Waals surface area (Å²) in [5.74, 6) is -0.377. The average Bonchev–Trinajstić information content (AvgIpc) is 2.68. The molecule has 0 aromatic heterocycles. The van der Waals surface area contributed by atoms with E-state index in [0.29, 0.717) is 45.9 Å². The van der Waals surface area contributed by atoms with E-state index in [1.54, 1.807) is 25.3 Å². The summed E-state index contributed by atoms with van der Waals surface area (Å²) in [6, 6.07) is 6.39. The van der Waals surface area contributed by atoms with Crippen LogP contribution in [0.25, 0.3) is 0 Å². The van der Waals surface area contributed by atoms with Crippen LogP contribution in [0.5, 0.6) is 0 Å². The van der Waals surface area contributed by atoms with Gasteiger partial charge in [-0.3, -0.25) is 4.79 Å². The van der Waals surface area contributed by atoms with Gasteiger partial charge in [0, 0.05) is 33.4 Å². The van der Waals surface area contributed by atoms with Gasteiger partial charge in [0.1, 0.15) is 0 Å². The van der Waals surface area contributed by atoms with Gasteiger partial charge in [-0.25, -0.2) is 8.42 Å². The molecule has 1 aliphatic rings. The van der Waals surface area contributed by atoms with Crippen LogP contribution in [0.15, 0.2) is 29.2 Å². The zero-order chi connectivity index (χ0) is 18.8. The molecule has 1 aliphatic heterocycles. The standard InChI is InChI=1S/C18H28N2O5S/c1-24-14-15-25-13-7-10-19-18(21)16-8-3-4-9-17(16)26(22,23)20-11-5-2-6-12-20/h3-4,8-9H,2,5-7,10-15H2,1H3,(H,19,21). The smallest absolute Gasteiger partial charge is 0.252 e. The molecule has 1 fully saturated rings. The highest BCUT2D eigenvalue weighted by Gasteiger charge is 2.29. The summed E-state index contributed by atoms with van der Waals surface area (Å²) < 4.78 is 37.5. The third-order valence-electron chi connectivity index (χ3n) is 4.25. The number of carbonyl (C=O) groups is 1. The van der Waals surface area contributed by atoms with Crippen molar-refractivity contribution in [1.29, 1.82) is 0 Å². The van der Waals surface area contributed by atoms with E-state index in [2.05, 4.69) is 5.32 Å². The molecule has 146 valence electrons. The Kier molecular flexibility index (Phi) is 8.50. The summed E-state index contributed by atoms with van der Waals surface area (Å²) in [4.78, 5) is 12.6. The highest BCUT2D eigenvalue weighted by atomic mass is 32.2. The summed E-state index contributed by atoms with van der Waals surface area (Å²) in [6.07, 6.45) is 3.41. The first-order valence-corrected chi connectivity index (χ1v) is 10.5. The Balaban J connectivity index is 1.96. The molecule has 1 saturated heterocycles. The van der Waals surface area contributed by atoms with Gasteiger partial charge in [-0.2, -0.15) is 4.31 Å². The van der Waals surface area contributed by atoms with E-state index in [0.717, 1.165) is 19.3 Å². The minimum atomic E-state index is -3.65. The average molecular weight is 384 g/mol. The Labute approximate surface area is 155 Å². The number of carbonyl (C=O) groups excluding carboxylic acids is 1. The third kappa shape index (κ3) is 5.77. The molecule has 7 nitrogen and oxygen atoms in total. The fraction of sp³-hybridized carbons (Fsp3) is 0.611. The predicted molar refractivity (Wildman–Crippen MR) is 98.7 cm³/mol. The molecule has 0 bridgehead atoms. The maximum absolute atomic E-state index is 12.9. The minimum absolute atomic E-state index is 0.0794. The van der Waals surface area contributed by atoms with Crippen LogP contribution in [-0.2, 0) is 19.5 Å². The minimum Gasteiger partial charge on any atom is -0.382 e. The number of nitrogens with one attached hydrogen (secondary N) is 1. The van der Waals surface area contributed by atoms with E-state index < -0.39 is 10.0 Å². The third-order valence-corrected chi connectivity index (χ3v) is 6.20. The Morgan fingerprint density at radius 2 is 1.85 bits per heavy atom. The highest BCUT2D eigenvalue weighted by Crippen LogP contribution is 2.23. The van der Waals surface area contributed by atoms with Crippen molar-refractivity contribution in [3.05, 3.63) is 29.8 Å². The maximum Gasteiger partial charge on any atom is 0.252 e. The van der Waals surface area contributed by atoms with E-state index >= 15 is 0 Å². The number of ether oxygens (including phenoxy) is 2. The van der Waals surface area contributed by atoms with E-state index in [1.807, 2.05) is 0 Å². The number of hydrogen-bond donors (Lipinski definition) is 1. The number of hydrogen-bond acceptors (Lipinski definition) is 5. The second kappa shape index (κ2) is 10.6. The summed E-state index contributed by atoms with van der Waals surface area (Å²) >= 11 is 0. The quantitative estimate of drug-likeness (QED) is 0.620. The summed E-state index contributed by atoms with van der Waals surface area (Å²) in [7, 11) is -2.04. The summed E-state index contributed by atoms with van der Waals surface area (Å²) in [5, 5.41) is 2.77. The second-order valence-corrected chi connectivity index (χ2v) is 8.08. The first-order valence-electron chi connectivity index (χ1n) is 9.01. The van der Waals surface area contributed by atoms with Crippen LogP contribution in [0.2, 0.25) is 0 Å². The zero-order valence-electron chi connectivity index (χ0n) is 15.3. The number of piperidine rings is 1. The van der Waals surface area contributed by atoms with Gasteiger partial charge in [-0.05, 0) is 31.4 Å². The van der Waals surface area contributed by atoms with E-state index in [4.69, 9.17) is 9.47 Å². The molecule has 0 atom stereocenters. The number of sulfonamides is 1. The molecule has 2 rings (SSSR count). The second-order valence-electron chi connectivity index (χ2n) is 6.18. The molecular weight excluding hydrogens is 356 g/mol. The molecule has 1 N–H and O–H groups in total. The van der Waals surface area contributed by atoms with Crippen LogP contribution < -0.4 is 5.32 Å². The monoisotopic (exact) mass is 384 g/mol. The van der Waals surface area contributed by atoms with Crippen LogP contribution in [0, 0.1) is 0 Å². The van der Waals surface area contributed by atoms with Crippen molar-refractivity contribution in [1.82, 2.24) is 9.62 Å². The number of amides is 1. The van der Waals surface area contributed by atoms with Gasteiger partial charge >= 0.3 is 0 Å². The Morgan fingerprint density at radius 3 is 2.58 bits per heavy atom. The molecule has 1 aromatic rings. The highest BCUT2D eigenvalue weighted by molar-refractivity contribution is 7.89. The fourth-order valence-corrected chi connectivity index (χ4v) is 4.55. The number of benzene rings is 1. The topological polar surface area (TPSA) is 84.9 Å². The van der Waals surface area contributed by atoms with Crippen molar-refractivity contribution in [2.45, 2.75) is 30.6 Å². The Morgan fingerprint density at radius 1 is 1.12 bits per heavy atom. The lowest BCUT2D eigenvalue weighted by Gasteiger charge is -2.26. The van der Waals surface area contributed by atoms with E-state index in [9.17, 15) is 13.2 Å². The molecule has 1 aromatic carbocycles. The molecule has 26 heavy (non-hydrogen) atoms. The van der Waals surface area contributed by atoms with Crippen LogP contribution >= 0.6 is 0 Å². The number of rotatable bonds is 10. The first-order chi connectivity index (χ1) is 12.6. The maximum atomic E-state index is 12.9. The lowest BCUT2D eigenvalue weighted by molar-refractivity contribution is 0.0688. The van der Waals surface area contributed by atoms with E-state index in [-0.39, 0.29) is 16.4 Å². The Bertz CT molecular complexity index is 672. The first kappa shape index (κ1) is 20.8. The molecule has 0 spiro atoms. The molecule has 0 saturated carbocycles. The van der Waals surface area contributed by atoms with Crippen molar-refractivity contribution in [2.75, 3.05) is 46.6 Å².